The summed E-state index contributed by atoms with van der Waals surface area (Å²) in [5, 5.41) is 0. The van der Waals surface area contributed by atoms with Gasteiger partial charge in [0.1, 0.15) is 0 Å². The minimum atomic E-state index is 0.201. The van der Waals surface area contributed by atoms with Crippen LogP contribution in [0.5, 0.6) is 0 Å². The number of carbonyl (C=O) groups is 1. The Morgan fingerprint density at radius 1 is 1.37 bits per heavy atom. The molecule has 1 fully saturated rings. The van der Waals surface area contributed by atoms with Crippen molar-refractivity contribution in [2.45, 2.75) is 52.0 Å². The Hall–Kier alpha value is -0.830. The van der Waals surface area contributed by atoms with E-state index in [1.165, 1.54) is 12.8 Å². The molecule has 1 amide bonds. The minimum Gasteiger partial charge on any atom is -0.336 e. The maximum atomic E-state index is 12.8. The molecule has 0 saturated carbocycles. The predicted octanol–water partition coefficient (Wildman–Crippen LogP) is 4.55. The van der Waals surface area contributed by atoms with E-state index in [0.717, 1.165) is 41.4 Å². The highest BCUT2D eigenvalue weighted by atomic mass is 79.9. The second-order valence-electron chi connectivity index (χ2n) is 5.32. The molecule has 2 nitrogen and oxygen atoms in total. The van der Waals surface area contributed by atoms with Gasteiger partial charge in [-0.3, -0.25) is 4.79 Å². The quantitative estimate of drug-likeness (QED) is 0.781. The van der Waals surface area contributed by atoms with E-state index >= 15 is 0 Å². The minimum absolute atomic E-state index is 0.201. The van der Waals surface area contributed by atoms with Gasteiger partial charge in [-0.1, -0.05) is 41.8 Å². The fourth-order valence-electron chi connectivity index (χ4n) is 2.86. The lowest BCUT2D eigenvalue weighted by atomic mass is 10.0. The molecule has 3 heteroatoms. The van der Waals surface area contributed by atoms with Crippen molar-refractivity contribution in [1.29, 1.82) is 0 Å². The van der Waals surface area contributed by atoms with Crippen molar-refractivity contribution in [1.82, 2.24) is 4.90 Å². The molecule has 1 aliphatic rings. The predicted molar refractivity (Wildman–Crippen MR) is 82.5 cm³/mol. The largest absolute Gasteiger partial charge is 0.336 e. The normalized spacial score (nSPS) is 20.2. The van der Waals surface area contributed by atoms with Crippen LogP contribution in [0.4, 0.5) is 0 Å². The first-order valence-corrected chi connectivity index (χ1v) is 8.00. The molecule has 1 aromatic rings. The average molecular weight is 324 g/mol. The second-order valence-corrected chi connectivity index (χ2v) is 6.18. The molecule has 1 aromatic carbocycles. The van der Waals surface area contributed by atoms with Crippen LogP contribution >= 0.6 is 15.9 Å². The summed E-state index contributed by atoms with van der Waals surface area (Å²) in [4.78, 5) is 14.9. The molecule has 1 aliphatic heterocycles. The summed E-state index contributed by atoms with van der Waals surface area (Å²) in [5.41, 5.74) is 1.89. The van der Waals surface area contributed by atoms with Gasteiger partial charge in [0.25, 0.3) is 5.91 Å². The summed E-state index contributed by atoms with van der Waals surface area (Å²) < 4.78 is 1.02. The highest BCUT2D eigenvalue weighted by molar-refractivity contribution is 9.10. The highest BCUT2D eigenvalue weighted by Crippen LogP contribution is 2.25. The Balaban J connectivity index is 2.28. The molecule has 0 radical (unpaired) electrons. The van der Waals surface area contributed by atoms with E-state index in [1.54, 1.807) is 0 Å². The van der Waals surface area contributed by atoms with Gasteiger partial charge < -0.3 is 4.90 Å². The van der Waals surface area contributed by atoms with Crippen LogP contribution in [0.2, 0.25) is 0 Å². The van der Waals surface area contributed by atoms with Crippen LogP contribution in [0.3, 0.4) is 0 Å². The summed E-state index contributed by atoms with van der Waals surface area (Å²) >= 11 is 3.52. The zero-order chi connectivity index (χ0) is 13.8. The number of likely N-dealkylation sites (tertiary alicyclic amines) is 1. The van der Waals surface area contributed by atoms with E-state index in [4.69, 9.17) is 0 Å². The number of rotatable bonds is 2. The SMILES string of the molecule is CCC1CCCCCN1C(=O)c1cccc(Br)c1C. The number of amides is 1. The molecule has 0 N–H and O–H groups in total. The molecule has 0 aliphatic carbocycles. The zero-order valence-corrected chi connectivity index (χ0v) is 13.4. The van der Waals surface area contributed by atoms with Crippen molar-refractivity contribution < 1.29 is 4.79 Å². The zero-order valence-electron chi connectivity index (χ0n) is 11.8. The average Bonchev–Trinajstić information content (AvgIpc) is 2.66. The van der Waals surface area contributed by atoms with E-state index in [-0.39, 0.29) is 5.91 Å². The van der Waals surface area contributed by atoms with Crippen LogP contribution in [0.1, 0.15) is 54.9 Å². The lowest BCUT2D eigenvalue weighted by molar-refractivity contribution is 0.0677. The fraction of sp³-hybridized carbons (Fsp3) is 0.562. The van der Waals surface area contributed by atoms with Crippen LogP contribution in [0.15, 0.2) is 22.7 Å². The Morgan fingerprint density at radius 3 is 2.89 bits per heavy atom. The first kappa shape index (κ1) is 14.6. The van der Waals surface area contributed by atoms with Gasteiger partial charge in [0.2, 0.25) is 0 Å². The maximum Gasteiger partial charge on any atom is 0.254 e. The van der Waals surface area contributed by atoms with Gasteiger partial charge in [0.05, 0.1) is 0 Å². The summed E-state index contributed by atoms with van der Waals surface area (Å²) in [6.07, 6.45) is 5.83. The van der Waals surface area contributed by atoms with Crippen molar-refractivity contribution in [3.8, 4) is 0 Å². The topological polar surface area (TPSA) is 20.3 Å². The van der Waals surface area contributed by atoms with Gasteiger partial charge in [-0.25, -0.2) is 0 Å². The van der Waals surface area contributed by atoms with Gasteiger partial charge in [-0.15, -0.1) is 0 Å². The standard InChI is InChI=1S/C16H22BrNO/c1-3-13-8-5-4-6-11-18(13)16(19)14-9-7-10-15(17)12(14)2/h7,9-10,13H,3-6,8,11H2,1-2H3. The number of benzene rings is 1. The third kappa shape index (κ3) is 3.19. The van der Waals surface area contributed by atoms with Crippen molar-refractivity contribution in [2.24, 2.45) is 0 Å². The lowest BCUT2D eigenvalue weighted by Crippen LogP contribution is -2.40. The summed E-state index contributed by atoms with van der Waals surface area (Å²) in [5.74, 6) is 0.201. The van der Waals surface area contributed by atoms with E-state index < -0.39 is 0 Å². The summed E-state index contributed by atoms with van der Waals surface area (Å²) in [7, 11) is 0. The van der Waals surface area contributed by atoms with Crippen LogP contribution in [0.25, 0.3) is 0 Å². The molecule has 19 heavy (non-hydrogen) atoms. The van der Waals surface area contributed by atoms with Crippen molar-refractivity contribution >= 4 is 21.8 Å². The van der Waals surface area contributed by atoms with Gasteiger partial charge in [-0.05, 0) is 43.9 Å². The van der Waals surface area contributed by atoms with E-state index in [9.17, 15) is 4.79 Å². The molecule has 1 heterocycles. The second kappa shape index (κ2) is 6.56. The Kier molecular flexibility index (Phi) is 5.03. The molecule has 1 saturated heterocycles. The molecular weight excluding hydrogens is 302 g/mol. The van der Waals surface area contributed by atoms with Crippen molar-refractivity contribution in [3.05, 3.63) is 33.8 Å². The van der Waals surface area contributed by atoms with Crippen LogP contribution < -0.4 is 0 Å². The molecule has 1 unspecified atom stereocenters. The smallest absolute Gasteiger partial charge is 0.254 e. The van der Waals surface area contributed by atoms with Crippen molar-refractivity contribution in [3.63, 3.8) is 0 Å². The summed E-state index contributed by atoms with van der Waals surface area (Å²) in [6.45, 7) is 5.10. The summed E-state index contributed by atoms with van der Waals surface area (Å²) in [6, 6.07) is 6.29. The first-order chi connectivity index (χ1) is 9.15. The van der Waals surface area contributed by atoms with Gasteiger partial charge in [0.15, 0.2) is 0 Å². The third-order valence-electron chi connectivity index (χ3n) is 4.11. The van der Waals surface area contributed by atoms with E-state index in [0.29, 0.717) is 6.04 Å². The van der Waals surface area contributed by atoms with Crippen LogP contribution in [-0.2, 0) is 0 Å². The van der Waals surface area contributed by atoms with Gasteiger partial charge >= 0.3 is 0 Å². The molecule has 0 bridgehead atoms. The van der Waals surface area contributed by atoms with E-state index in [1.807, 2.05) is 25.1 Å². The number of hydrogen-bond donors (Lipinski definition) is 0. The third-order valence-corrected chi connectivity index (χ3v) is 4.97. The first-order valence-electron chi connectivity index (χ1n) is 7.21. The van der Waals surface area contributed by atoms with Gasteiger partial charge in [-0.2, -0.15) is 0 Å². The Morgan fingerprint density at radius 2 is 2.16 bits per heavy atom. The fourth-order valence-corrected chi connectivity index (χ4v) is 3.23. The number of carbonyl (C=O) groups excluding carboxylic acids is 1. The molecule has 0 aromatic heterocycles. The molecule has 2 rings (SSSR count). The van der Waals surface area contributed by atoms with E-state index in [2.05, 4.69) is 27.8 Å². The van der Waals surface area contributed by atoms with Crippen LogP contribution in [-0.4, -0.2) is 23.4 Å². The number of nitrogens with zero attached hydrogens (tertiary/aromatic N) is 1. The molecular formula is C16H22BrNO. The van der Waals surface area contributed by atoms with Crippen molar-refractivity contribution in [2.75, 3.05) is 6.54 Å². The highest BCUT2D eigenvalue weighted by Gasteiger charge is 2.26. The Labute approximate surface area is 124 Å². The number of halogens is 1. The monoisotopic (exact) mass is 323 g/mol. The molecule has 1 atom stereocenters. The molecule has 104 valence electrons. The van der Waals surface area contributed by atoms with Crippen LogP contribution in [0, 0.1) is 6.92 Å². The Bertz CT molecular complexity index is 458. The maximum absolute atomic E-state index is 12.8. The van der Waals surface area contributed by atoms with Gasteiger partial charge in [0, 0.05) is 22.6 Å². The molecule has 0 spiro atoms. The lowest BCUT2D eigenvalue weighted by Gasteiger charge is -2.30. The number of hydrogen-bond acceptors (Lipinski definition) is 1.